The molecule has 2 heterocycles. The summed E-state index contributed by atoms with van der Waals surface area (Å²) in [5.74, 6) is -0.120. The number of aromatic nitrogens is 1. The standard InChI is InChI=1S/C26H34N4O3S/c1-3-10-28-16-18-6-5-7-20(13-18)21-14-22-24(17-29-25(22)23(15-21)26(27)31)19-8-11-30(12-9-19)34(32,33)4-2/h5-7,13-15,17,19,28-29H,3-4,8-12,16H2,1-2H3,(H2,27,31). The molecule has 34 heavy (non-hydrogen) atoms. The second-order valence-electron chi connectivity index (χ2n) is 9.01. The minimum Gasteiger partial charge on any atom is -0.366 e. The van der Waals surface area contributed by atoms with Gasteiger partial charge in [0.15, 0.2) is 0 Å². The fraction of sp³-hybridized carbons (Fsp3) is 0.423. The first kappa shape index (κ1) is 24.4. The van der Waals surface area contributed by atoms with Gasteiger partial charge in [-0.1, -0.05) is 25.1 Å². The molecule has 0 unspecified atom stereocenters. The van der Waals surface area contributed by atoms with E-state index in [2.05, 4.69) is 41.5 Å². The number of hydrogen-bond donors (Lipinski definition) is 3. The second kappa shape index (κ2) is 10.3. The summed E-state index contributed by atoms with van der Waals surface area (Å²) < 4.78 is 26.1. The summed E-state index contributed by atoms with van der Waals surface area (Å²) in [4.78, 5) is 15.6. The molecule has 1 saturated heterocycles. The molecule has 7 nitrogen and oxygen atoms in total. The molecule has 0 radical (unpaired) electrons. The minimum absolute atomic E-state index is 0.128. The maximum absolute atomic E-state index is 12.3. The molecule has 1 aromatic heterocycles. The molecular formula is C26H34N4O3S. The number of primary amides is 1. The molecule has 182 valence electrons. The van der Waals surface area contributed by atoms with E-state index < -0.39 is 15.9 Å². The van der Waals surface area contributed by atoms with E-state index in [0.717, 1.165) is 59.9 Å². The van der Waals surface area contributed by atoms with Gasteiger partial charge in [0.05, 0.1) is 16.8 Å². The third-order valence-electron chi connectivity index (χ3n) is 6.75. The number of nitrogens with one attached hydrogen (secondary N) is 2. The molecule has 0 saturated carbocycles. The van der Waals surface area contributed by atoms with Crippen molar-refractivity contribution in [3.8, 4) is 11.1 Å². The van der Waals surface area contributed by atoms with Gasteiger partial charge in [-0.25, -0.2) is 12.7 Å². The molecule has 4 N–H and O–H groups in total. The van der Waals surface area contributed by atoms with Crippen molar-refractivity contribution in [1.82, 2.24) is 14.6 Å². The number of nitrogens with zero attached hydrogens (tertiary/aromatic N) is 1. The summed E-state index contributed by atoms with van der Waals surface area (Å²) in [6.45, 7) is 6.62. The summed E-state index contributed by atoms with van der Waals surface area (Å²) >= 11 is 0. The van der Waals surface area contributed by atoms with Crippen LogP contribution in [0.2, 0.25) is 0 Å². The smallest absolute Gasteiger partial charge is 0.250 e. The zero-order valence-electron chi connectivity index (χ0n) is 19.9. The molecule has 3 aromatic rings. The van der Waals surface area contributed by atoms with Crippen LogP contribution in [0.15, 0.2) is 42.6 Å². The van der Waals surface area contributed by atoms with E-state index in [1.165, 1.54) is 5.56 Å². The summed E-state index contributed by atoms with van der Waals surface area (Å²) in [7, 11) is -3.17. The van der Waals surface area contributed by atoms with E-state index in [4.69, 9.17) is 5.73 Å². The normalized spacial score (nSPS) is 15.7. The number of piperidine rings is 1. The number of amides is 1. The predicted molar refractivity (Wildman–Crippen MR) is 137 cm³/mol. The molecule has 0 atom stereocenters. The molecule has 4 rings (SSSR count). The molecular weight excluding hydrogens is 448 g/mol. The van der Waals surface area contributed by atoms with E-state index in [1.54, 1.807) is 11.2 Å². The fourth-order valence-electron chi connectivity index (χ4n) is 4.85. The van der Waals surface area contributed by atoms with Gasteiger partial charge in [0.1, 0.15) is 0 Å². The largest absolute Gasteiger partial charge is 0.366 e. The summed E-state index contributed by atoms with van der Waals surface area (Å²) in [6, 6.07) is 12.3. The Morgan fingerprint density at radius 1 is 1.15 bits per heavy atom. The van der Waals surface area contributed by atoms with Crippen LogP contribution in [-0.4, -0.2) is 49.0 Å². The van der Waals surface area contributed by atoms with Gasteiger partial charge in [0, 0.05) is 31.2 Å². The van der Waals surface area contributed by atoms with Gasteiger partial charge in [0.2, 0.25) is 10.0 Å². The molecule has 2 aromatic carbocycles. The Balaban J connectivity index is 1.68. The van der Waals surface area contributed by atoms with Crippen molar-refractivity contribution in [2.24, 2.45) is 5.73 Å². The molecule has 1 amide bonds. The van der Waals surface area contributed by atoms with Gasteiger partial charge >= 0.3 is 0 Å². The summed E-state index contributed by atoms with van der Waals surface area (Å²) in [5.41, 5.74) is 11.3. The van der Waals surface area contributed by atoms with Gasteiger partial charge < -0.3 is 16.0 Å². The number of H-pyrrole nitrogens is 1. The van der Waals surface area contributed by atoms with Crippen molar-refractivity contribution in [3.05, 3.63) is 59.3 Å². The lowest BCUT2D eigenvalue weighted by atomic mass is 9.88. The summed E-state index contributed by atoms with van der Waals surface area (Å²) in [5, 5.41) is 4.41. The highest BCUT2D eigenvalue weighted by Crippen LogP contribution is 2.37. The van der Waals surface area contributed by atoms with Gasteiger partial charge in [-0.05, 0) is 79.1 Å². The lowest BCUT2D eigenvalue weighted by molar-refractivity contribution is 0.100. The molecule has 0 bridgehead atoms. The number of rotatable bonds is 9. The maximum Gasteiger partial charge on any atom is 0.250 e. The maximum atomic E-state index is 12.3. The van der Waals surface area contributed by atoms with Crippen LogP contribution in [0.25, 0.3) is 22.0 Å². The van der Waals surface area contributed by atoms with Crippen LogP contribution in [0.4, 0.5) is 0 Å². The molecule has 1 aliphatic rings. The molecule has 8 heteroatoms. The number of carbonyl (C=O) groups is 1. The number of nitrogens with two attached hydrogens (primary N) is 1. The fourth-order valence-corrected chi connectivity index (χ4v) is 5.98. The van der Waals surface area contributed by atoms with E-state index >= 15 is 0 Å². The summed E-state index contributed by atoms with van der Waals surface area (Å²) in [6.07, 6.45) is 4.54. The van der Waals surface area contributed by atoms with E-state index in [-0.39, 0.29) is 11.7 Å². The zero-order valence-corrected chi connectivity index (χ0v) is 20.7. The predicted octanol–water partition coefficient (Wildman–Crippen LogP) is 3.96. The molecule has 1 fully saturated rings. The van der Waals surface area contributed by atoms with Crippen molar-refractivity contribution < 1.29 is 13.2 Å². The van der Waals surface area contributed by atoms with Gasteiger partial charge in [-0.3, -0.25) is 4.79 Å². The lowest BCUT2D eigenvalue weighted by Gasteiger charge is -2.31. The number of sulfonamides is 1. The van der Waals surface area contributed by atoms with Gasteiger partial charge in [-0.2, -0.15) is 0 Å². The van der Waals surface area contributed by atoms with Crippen molar-refractivity contribution in [1.29, 1.82) is 0 Å². The van der Waals surface area contributed by atoms with Crippen LogP contribution in [0, 0.1) is 0 Å². The van der Waals surface area contributed by atoms with Crippen LogP contribution >= 0.6 is 0 Å². The average Bonchev–Trinajstić information content (AvgIpc) is 3.28. The van der Waals surface area contributed by atoms with Crippen molar-refractivity contribution in [2.45, 2.75) is 45.6 Å². The molecule has 0 aliphatic carbocycles. The number of carbonyl (C=O) groups excluding carboxylic acids is 1. The highest BCUT2D eigenvalue weighted by Gasteiger charge is 2.29. The van der Waals surface area contributed by atoms with E-state index in [9.17, 15) is 13.2 Å². The average molecular weight is 483 g/mol. The Labute approximate surface area is 201 Å². The number of benzene rings is 2. The first-order valence-electron chi connectivity index (χ1n) is 12.1. The van der Waals surface area contributed by atoms with E-state index in [1.807, 2.05) is 18.3 Å². The van der Waals surface area contributed by atoms with Crippen LogP contribution < -0.4 is 11.1 Å². The zero-order chi connectivity index (χ0) is 24.3. The highest BCUT2D eigenvalue weighted by atomic mass is 32.2. The second-order valence-corrected chi connectivity index (χ2v) is 11.3. The topological polar surface area (TPSA) is 108 Å². The highest BCUT2D eigenvalue weighted by molar-refractivity contribution is 7.89. The Bertz CT molecular complexity index is 1270. The van der Waals surface area contributed by atoms with Crippen molar-refractivity contribution in [3.63, 3.8) is 0 Å². The van der Waals surface area contributed by atoms with Crippen molar-refractivity contribution in [2.75, 3.05) is 25.4 Å². The Hall–Kier alpha value is -2.68. The minimum atomic E-state index is -3.17. The Morgan fingerprint density at radius 3 is 2.59 bits per heavy atom. The SMILES string of the molecule is CCCNCc1cccc(-c2cc(C(N)=O)c3[nH]cc(C4CCN(S(=O)(=O)CC)CC4)c3c2)c1. The first-order valence-corrected chi connectivity index (χ1v) is 13.7. The van der Waals surface area contributed by atoms with Crippen LogP contribution in [-0.2, 0) is 16.6 Å². The lowest BCUT2D eigenvalue weighted by Crippen LogP contribution is -2.38. The molecule has 0 spiro atoms. The van der Waals surface area contributed by atoms with Gasteiger partial charge in [-0.15, -0.1) is 0 Å². The first-order chi connectivity index (χ1) is 16.3. The van der Waals surface area contributed by atoms with Crippen LogP contribution in [0.5, 0.6) is 0 Å². The van der Waals surface area contributed by atoms with Crippen LogP contribution in [0.3, 0.4) is 0 Å². The monoisotopic (exact) mass is 482 g/mol. The Kier molecular flexibility index (Phi) is 7.40. The quantitative estimate of drug-likeness (QED) is 0.401. The van der Waals surface area contributed by atoms with Crippen LogP contribution in [0.1, 0.15) is 60.5 Å². The number of aromatic amines is 1. The third kappa shape index (κ3) is 5.04. The molecule has 1 aliphatic heterocycles. The third-order valence-corrected chi connectivity index (χ3v) is 8.64. The van der Waals surface area contributed by atoms with Crippen molar-refractivity contribution >= 4 is 26.8 Å². The van der Waals surface area contributed by atoms with E-state index in [0.29, 0.717) is 18.7 Å². The number of hydrogen-bond acceptors (Lipinski definition) is 4. The Morgan fingerprint density at radius 2 is 1.91 bits per heavy atom. The number of fused-ring (bicyclic) bond motifs is 1. The van der Waals surface area contributed by atoms with Gasteiger partial charge in [0.25, 0.3) is 5.91 Å².